The molecule has 100 valence electrons. The van der Waals surface area contributed by atoms with Gasteiger partial charge in [-0.1, -0.05) is 28.1 Å². The molecule has 0 amide bonds. The first kappa shape index (κ1) is 13.7. The fourth-order valence-electron chi connectivity index (χ4n) is 2.03. The molecule has 3 nitrogen and oxygen atoms in total. The summed E-state index contributed by atoms with van der Waals surface area (Å²) in [6.07, 6.45) is 1.20. The van der Waals surface area contributed by atoms with Crippen LogP contribution in [0.2, 0.25) is 0 Å². The van der Waals surface area contributed by atoms with Gasteiger partial charge in [0, 0.05) is 17.9 Å². The molecule has 0 saturated heterocycles. The standard InChI is InChI=1S/C14H19BrO3/c1-3-16-11-7-5-6-8-12(11)18-13-9-10(15)14(13)17-4-2/h5-8,10,13-14H,3-4,9H2,1-2H3. The van der Waals surface area contributed by atoms with Crippen molar-refractivity contribution >= 4 is 15.9 Å². The molecule has 4 heteroatoms. The van der Waals surface area contributed by atoms with E-state index < -0.39 is 0 Å². The Kier molecular flexibility index (Phi) is 4.89. The van der Waals surface area contributed by atoms with Crippen molar-refractivity contribution in [2.24, 2.45) is 0 Å². The summed E-state index contributed by atoms with van der Waals surface area (Å²) in [5, 5.41) is 0. The van der Waals surface area contributed by atoms with Crippen LogP contribution in [0.5, 0.6) is 11.5 Å². The number of halogens is 1. The van der Waals surface area contributed by atoms with E-state index in [0.29, 0.717) is 18.0 Å². The molecule has 2 rings (SSSR count). The van der Waals surface area contributed by atoms with Crippen LogP contribution in [-0.2, 0) is 4.74 Å². The largest absolute Gasteiger partial charge is 0.490 e. The van der Waals surface area contributed by atoms with Crippen LogP contribution < -0.4 is 9.47 Å². The third kappa shape index (κ3) is 2.98. The zero-order chi connectivity index (χ0) is 13.0. The van der Waals surface area contributed by atoms with Crippen LogP contribution >= 0.6 is 15.9 Å². The Hall–Kier alpha value is -0.740. The molecule has 3 atom stereocenters. The Morgan fingerprint density at radius 2 is 1.89 bits per heavy atom. The summed E-state index contributed by atoms with van der Waals surface area (Å²) < 4.78 is 17.2. The number of ether oxygens (including phenoxy) is 3. The Labute approximate surface area is 117 Å². The van der Waals surface area contributed by atoms with E-state index in [1.54, 1.807) is 0 Å². The predicted octanol–water partition coefficient (Wildman–Crippen LogP) is 3.41. The van der Waals surface area contributed by atoms with Crippen molar-refractivity contribution < 1.29 is 14.2 Å². The lowest BCUT2D eigenvalue weighted by molar-refractivity contribution is -0.0730. The van der Waals surface area contributed by atoms with Crippen molar-refractivity contribution in [2.75, 3.05) is 13.2 Å². The number of hydrogen-bond donors (Lipinski definition) is 0. The highest BCUT2D eigenvalue weighted by Crippen LogP contribution is 2.37. The molecule has 1 saturated carbocycles. The van der Waals surface area contributed by atoms with Gasteiger partial charge in [0.05, 0.1) is 6.61 Å². The Morgan fingerprint density at radius 1 is 1.17 bits per heavy atom. The van der Waals surface area contributed by atoms with Crippen molar-refractivity contribution in [3.05, 3.63) is 24.3 Å². The zero-order valence-corrected chi connectivity index (χ0v) is 12.4. The van der Waals surface area contributed by atoms with Gasteiger partial charge in [0.25, 0.3) is 0 Å². The summed E-state index contributed by atoms with van der Waals surface area (Å²) in [5.41, 5.74) is 0. The molecule has 0 bridgehead atoms. The number of rotatable bonds is 6. The van der Waals surface area contributed by atoms with E-state index in [0.717, 1.165) is 17.9 Å². The van der Waals surface area contributed by atoms with Gasteiger partial charge >= 0.3 is 0 Å². The predicted molar refractivity (Wildman–Crippen MR) is 74.8 cm³/mol. The van der Waals surface area contributed by atoms with Gasteiger partial charge in [-0.2, -0.15) is 0 Å². The van der Waals surface area contributed by atoms with E-state index in [9.17, 15) is 0 Å². The van der Waals surface area contributed by atoms with E-state index >= 15 is 0 Å². The molecule has 3 unspecified atom stereocenters. The molecule has 0 heterocycles. The molecule has 1 aromatic rings. The molecule has 0 N–H and O–H groups in total. The molecule has 1 aromatic carbocycles. The summed E-state index contributed by atoms with van der Waals surface area (Å²) >= 11 is 3.59. The van der Waals surface area contributed by atoms with Crippen LogP contribution in [0.1, 0.15) is 20.3 Å². The van der Waals surface area contributed by atoms with Crippen LogP contribution in [-0.4, -0.2) is 30.2 Å². The van der Waals surface area contributed by atoms with Gasteiger partial charge in [0.1, 0.15) is 12.2 Å². The van der Waals surface area contributed by atoms with Gasteiger partial charge in [-0.05, 0) is 26.0 Å². The fraction of sp³-hybridized carbons (Fsp3) is 0.571. The first-order valence-electron chi connectivity index (χ1n) is 6.40. The third-order valence-electron chi connectivity index (χ3n) is 2.97. The van der Waals surface area contributed by atoms with Gasteiger partial charge in [-0.25, -0.2) is 0 Å². The second kappa shape index (κ2) is 6.43. The van der Waals surface area contributed by atoms with Gasteiger partial charge in [-0.15, -0.1) is 0 Å². The van der Waals surface area contributed by atoms with E-state index in [4.69, 9.17) is 14.2 Å². The minimum absolute atomic E-state index is 0.107. The summed E-state index contributed by atoms with van der Waals surface area (Å²) in [5.74, 6) is 1.60. The van der Waals surface area contributed by atoms with Crippen molar-refractivity contribution in [3.63, 3.8) is 0 Å². The zero-order valence-electron chi connectivity index (χ0n) is 10.8. The van der Waals surface area contributed by atoms with Gasteiger partial charge < -0.3 is 14.2 Å². The van der Waals surface area contributed by atoms with Gasteiger partial charge in [-0.3, -0.25) is 0 Å². The van der Waals surface area contributed by atoms with Crippen molar-refractivity contribution in [1.82, 2.24) is 0 Å². The number of para-hydroxylation sites is 2. The second-order valence-electron chi connectivity index (χ2n) is 4.21. The quantitative estimate of drug-likeness (QED) is 0.753. The van der Waals surface area contributed by atoms with E-state index in [1.807, 2.05) is 38.1 Å². The van der Waals surface area contributed by atoms with E-state index in [1.165, 1.54) is 0 Å². The minimum atomic E-state index is 0.107. The SMILES string of the molecule is CCOc1ccccc1OC1CC(Br)C1OCC. The fourth-order valence-corrected chi connectivity index (χ4v) is 2.89. The van der Waals surface area contributed by atoms with Crippen LogP contribution in [0.25, 0.3) is 0 Å². The third-order valence-corrected chi connectivity index (χ3v) is 3.86. The topological polar surface area (TPSA) is 27.7 Å². The van der Waals surface area contributed by atoms with Gasteiger partial charge in [0.2, 0.25) is 0 Å². The molecule has 0 radical (unpaired) electrons. The van der Waals surface area contributed by atoms with Crippen molar-refractivity contribution in [3.8, 4) is 11.5 Å². The van der Waals surface area contributed by atoms with Crippen molar-refractivity contribution in [2.45, 2.75) is 37.3 Å². The first-order valence-corrected chi connectivity index (χ1v) is 7.32. The first-order chi connectivity index (χ1) is 8.76. The maximum absolute atomic E-state index is 5.99. The molecule has 1 aliphatic carbocycles. The smallest absolute Gasteiger partial charge is 0.161 e. The molecule has 0 aromatic heterocycles. The molecule has 0 spiro atoms. The lowest BCUT2D eigenvalue weighted by Gasteiger charge is -2.40. The molecule has 1 fully saturated rings. The van der Waals surface area contributed by atoms with Crippen LogP contribution in [0.3, 0.4) is 0 Å². The maximum atomic E-state index is 5.99. The number of alkyl halides is 1. The monoisotopic (exact) mass is 314 g/mol. The Balaban J connectivity index is 2.01. The highest BCUT2D eigenvalue weighted by atomic mass is 79.9. The van der Waals surface area contributed by atoms with E-state index in [2.05, 4.69) is 15.9 Å². The number of hydrogen-bond acceptors (Lipinski definition) is 3. The van der Waals surface area contributed by atoms with Gasteiger partial charge in [0.15, 0.2) is 11.5 Å². The average molecular weight is 315 g/mol. The maximum Gasteiger partial charge on any atom is 0.161 e. The summed E-state index contributed by atoms with van der Waals surface area (Å²) in [6, 6.07) is 7.78. The van der Waals surface area contributed by atoms with Crippen molar-refractivity contribution in [1.29, 1.82) is 0 Å². The molecule has 18 heavy (non-hydrogen) atoms. The number of benzene rings is 1. The summed E-state index contributed by atoms with van der Waals surface area (Å²) in [7, 11) is 0. The lowest BCUT2D eigenvalue weighted by atomic mass is 9.91. The minimum Gasteiger partial charge on any atom is -0.490 e. The highest BCUT2D eigenvalue weighted by molar-refractivity contribution is 9.09. The Bertz CT molecular complexity index is 383. The normalized spacial score (nSPS) is 26.5. The average Bonchev–Trinajstić information content (AvgIpc) is 2.38. The van der Waals surface area contributed by atoms with Crippen LogP contribution in [0.4, 0.5) is 0 Å². The second-order valence-corrected chi connectivity index (χ2v) is 5.38. The van der Waals surface area contributed by atoms with E-state index in [-0.39, 0.29) is 12.2 Å². The van der Waals surface area contributed by atoms with Crippen LogP contribution in [0.15, 0.2) is 24.3 Å². The molecule has 0 aliphatic heterocycles. The highest BCUT2D eigenvalue weighted by Gasteiger charge is 2.42. The molecular weight excluding hydrogens is 296 g/mol. The summed E-state index contributed by atoms with van der Waals surface area (Å²) in [4.78, 5) is 0.390. The Morgan fingerprint density at radius 3 is 2.50 bits per heavy atom. The molecular formula is C14H19BrO3. The van der Waals surface area contributed by atoms with Crippen LogP contribution in [0, 0.1) is 0 Å². The molecule has 1 aliphatic rings. The summed E-state index contributed by atoms with van der Waals surface area (Å²) in [6.45, 7) is 5.32. The lowest BCUT2D eigenvalue weighted by Crippen LogP contribution is -2.52.